The molecule has 29 heavy (non-hydrogen) atoms. The van der Waals surface area contributed by atoms with Gasteiger partial charge in [0, 0.05) is 0 Å². The number of aliphatic hydroxyl groups is 1. The first-order valence-electron chi connectivity index (χ1n) is 9.54. The average Bonchev–Trinajstić information content (AvgIpc) is 2.85. The van der Waals surface area contributed by atoms with E-state index in [9.17, 15) is 14.7 Å². The van der Waals surface area contributed by atoms with Crippen LogP contribution in [0, 0.1) is 13.8 Å². The van der Waals surface area contributed by atoms with E-state index >= 15 is 0 Å². The Morgan fingerprint density at radius 1 is 0.931 bits per heavy atom. The van der Waals surface area contributed by atoms with Crippen molar-refractivity contribution in [2.75, 3.05) is 13.2 Å². The summed E-state index contributed by atoms with van der Waals surface area (Å²) in [6, 6.07) is 12.5. The van der Waals surface area contributed by atoms with Crippen molar-refractivity contribution in [3.05, 3.63) is 64.9 Å². The molecule has 3 rings (SSSR count). The molecule has 1 aliphatic heterocycles. The zero-order chi connectivity index (χ0) is 21.1. The fraction of sp³-hybridized carbons (Fsp3) is 0.304. The number of hydrogen-bond acceptors (Lipinski definition) is 5. The van der Waals surface area contributed by atoms with E-state index in [2.05, 4.69) is 0 Å². The minimum absolute atomic E-state index is 0.00232. The number of amides is 2. The third-order valence-electron chi connectivity index (χ3n) is 4.44. The van der Waals surface area contributed by atoms with E-state index in [0.717, 1.165) is 16.0 Å². The summed E-state index contributed by atoms with van der Waals surface area (Å²) >= 11 is 0. The molecule has 0 aromatic heterocycles. The second-order valence-electron chi connectivity index (χ2n) is 7.35. The molecule has 0 saturated heterocycles. The van der Waals surface area contributed by atoms with Gasteiger partial charge in [-0.05, 0) is 68.7 Å². The van der Waals surface area contributed by atoms with Crippen molar-refractivity contribution < 1.29 is 24.2 Å². The maximum Gasteiger partial charge on any atom is 0.296 e. The molecule has 0 spiro atoms. The molecular formula is C23H25NO5. The van der Waals surface area contributed by atoms with Gasteiger partial charge in [0.05, 0.1) is 18.2 Å². The standard InChI is InChI=1S/C23H25NO5/c1-14(2)29-18-7-5-17(6-8-18)20-21(25)23(27)24(22(20)26)9-10-28-19-12-15(3)11-16(4)13-19/h5-8,11-14,25H,9-10H2,1-4H3. The Hall–Kier alpha value is -3.28. The summed E-state index contributed by atoms with van der Waals surface area (Å²) in [6.07, 6.45) is 0.0239. The van der Waals surface area contributed by atoms with Crippen LogP contribution in [-0.2, 0) is 9.59 Å². The molecule has 0 atom stereocenters. The van der Waals surface area contributed by atoms with Crippen molar-refractivity contribution in [3.8, 4) is 11.5 Å². The highest BCUT2D eigenvalue weighted by Crippen LogP contribution is 2.29. The van der Waals surface area contributed by atoms with E-state index in [1.807, 2.05) is 45.9 Å². The third-order valence-corrected chi connectivity index (χ3v) is 4.44. The quantitative estimate of drug-likeness (QED) is 0.722. The third kappa shape index (κ3) is 4.59. The second kappa shape index (κ2) is 8.39. The number of ether oxygens (including phenoxy) is 2. The van der Waals surface area contributed by atoms with Crippen molar-refractivity contribution in [1.29, 1.82) is 0 Å². The first-order chi connectivity index (χ1) is 13.8. The fourth-order valence-electron chi connectivity index (χ4n) is 3.27. The van der Waals surface area contributed by atoms with Crippen LogP contribution in [0.2, 0.25) is 0 Å². The Labute approximate surface area is 170 Å². The van der Waals surface area contributed by atoms with E-state index < -0.39 is 17.6 Å². The van der Waals surface area contributed by atoms with Crippen LogP contribution < -0.4 is 9.47 Å². The van der Waals surface area contributed by atoms with Crippen LogP contribution in [0.15, 0.2) is 48.2 Å². The topological polar surface area (TPSA) is 76.1 Å². The van der Waals surface area contributed by atoms with Crippen LogP contribution >= 0.6 is 0 Å². The molecular weight excluding hydrogens is 370 g/mol. The Kier molecular flexibility index (Phi) is 5.92. The maximum atomic E-state index is 12.7. The number of benzene rings is 2. The molecule has 0 unspecified atom stereocenters. The summed E-state index contributed by atoms with van der Waals surface area (Å²) in [4.78, 5) is 26.1. The monoisotopic (exact) mass is 395 g/mol. The molecule has 2 aromatic rings. The van der Waals surface area contributed by atoms with Crippen molar-refractivity contribution in [3.63, 3.8) is 0 Å². The minimum Gasteiger partial charge on any atom is -0.502 e. The largest absolute Gasteiger partial charge is 0.502 e. The van der Waals surface area contributed by atoms with E-state index in [4.69, 9.17) is 9.47 Å². The molecule has 1 heterocycles. The highest BCUT2D eigenvalue weighted by molar-refractivity contribution is 6.34. The van der Waals surface area contributed by atoms with Gasteiger partial charge in [0.25, 0.3) is 11.8 Å². The van der Waals surface area contributed by atoms with Crippen LogP contribution in [-0.4, -0.2) is 41.1 Å². The second-order valence-corrected chi connectivity index (χ2v) is 7.35. The van der Waals surface area contributed by atoms with Gasteiger partial charge in [0.15, 0.2) is 5.76 Å². The van der Waals surface area contributed by atoms with Gasteiger partial charge in [0.1, 0.15) is 18.1 Å². The van der Waals surface area contributed by atoms with Gasteiger partial charge in [-0.25, -0.2) is 0 Å². The van der Waals surface area contributed by atoms with Crippen molar-refractivity contribution in [2.45, 2.75) is 33.8 Å². The van der Waals surface area contributed by atoms with Crippen LogP contribution in [0.1, 0.15) is 30.5 Å². The van der Waals surface area contributed by atoms with E-state index in [1.54, 1.807) is 24.3 Å². The van der Waals surface area contributed by atoms with Crippen LogP contribution in [0.5, 0.6) is 11.5 Å². The molecule has 1 N–H and O–H groups in total. The molecule has 0 fully saturated rings. The van der Waals surface area contributed by atoms with E-state index in [1.165, 1.54) is 0 Å². The summed E-state index contributed by atoms with van der Waals surface area (Å²) in [5.41, 5.74) is 2.60. The van der Waals surface area contributed by atoms with Gasteiger partial charge in [-0.1, -0.05) is 18.2 Å². The lowest BCUT2D eigenvalue weighted by atomic mass is 10.1. The van der Waals surface area contributed by atoms with Gasteiger partial charge >= 0.3 is 0 Å². The number of carbonyl (C=O) groups is 2. The van der Waals surface area contributed by atoms with Crippen LogP contribution in [0.25, 0.3) is 5.57 Å². The fourth-order valence-corrected chi connectivity index (χ4v) is 3.27. The van der Waals surface area contributed by atoms with Crippen molar-refractivity contribution >= 4 is 17.4 Å². The predicted octanol–water partition coefficient (Wildman–Crippen LogP) is 3.81. The highest BCUT2D eigenvalue weighted by atomic mass is 16.5. The molecule has 6 nitrogen and oxygen atoms in total. The molecule has 0 aliphatic carbocycles. The Balaban J connectivity index is 1.68. The van der Waals surface area contributed by atoms with Gasteiger partial charge in [0.2, 0.25) is 0 Å². The summed E-state index contributed by atoms with van der Waals surface area (Å²) in [7, 11) is 0. The number of hydrogen-bond donors (Lipinski definition) is 1. The number of aliphatic hydroxyl groups excluding tert-OH is 1. The lowest BCUT2D eigenvalue weighted by Gasteiger charge is -2.15. The minimum atomic E-state index is -0.712. The number of imide groups is 1. The SMILES string of the molecule is Cc1cc(C)cc(OCCN2C(=O)C(O)=C(c3ccc(OC(C)C)cc3)C2=O)c1. The van der Waals surface area contributed by atoms with Gasteiger partial charge in [-0.2, -0.15) is 0 Å². The van der Waals surface area contributed by atoms with Crippen molar-refractivity contribution in [1.82, 2.24) is 4.90 Å². The summed E-state index contributed by atoms with van der Waals surface area (Å²) in [5, 5.41) is 10.3. The Morgan fingerprint density at radius 2 is 1.55 bits per heavy atom. The molecule has 2 amide bonds. The zero-order valence-electron chi connectivity index (χ0n) is 17.1. The van der Waals surface area contributed by atoms with Gasteiger partial charge in [-0.3, -0.25) is 14.5 Å². The smallest absolute Gasteiger partial charge is 0.296 e. The molecule has 2 aromatic carbocycles. The van der Waals surface area contributed by atoms with Crippen molar-refractivity contribution in [2.24, 2.45) is 0 Å². The van der Waals surface area contributed by atoms with Crippen LogP contribution in [0.3, 0.4) is 0 Å². The van der Waals surface area contributed by atoms with Gasteiger partial charge < -0.3 is 14.6 Å². The zero-order valence-corrected chi connectivity index (χ0v) is 17.1. The van der Waals surface area contributed by atoms with E-state index in [0.29, 0.717) is 17.1 Å². The first kappa shape index (κ1) is 20.5. The van der Waals surface area contributed by atoms with Crippen LogP contribution in [0.4, 0.5) is 0 Å². The average molecular weight is 395 g/mol. The molecule has 0 bridgehead atoms. The number of carbonyl (C=O) groups excluding carboxylic acids is 2. The lowest BCUT2D eigenvalue weighted by Crippen LogP contribution is -2.35. The summed E-state index contributed by atoms with van der Waals surface area (Å²) in [6.45, 7) is 7.96. The number of nitrogens with zero attached hydrogens (tertiary/aromatic N) is 1. The lowest BCUT2D eigenvalue weighted by molar-refractivity contribution is -0.138. The predicted molar refractivity (Wildman–Crippen MR) is 110 cm³/mol. The first-order valence-corrected chi connectivity index (χ1v) is 9.54. The molecule has 1 aliphatic rings. The molecule has 0 saturated carbocycles. The number of aryl methyl sites for hydroxylation is 2. The Morgan fingerprint density at radius 3 is 2.14 bits per heavy atom. The normalized spacial score (nSPS) is 14.2. The summed E-state index contributed by atoms with van der Waals surface area (Å²) < 4.78 is 11.3. The maximum absolute atomic E-state index is 12.7. The molecule has 6 heteroatoms. The highest BCUT2D eigenvalue weighted by Gasteiger charge is 2.39. The molecule has 0 radical (unpaired) electrons. The molecule has 152 valence electrons. The number of rotatable bonds is 7. The summed E-state index contributed by atoms with van der Waals surface area (Å²) in [5.74, 6) is -0.455. The Bertz CT molecular complexity index is 939. The van der Waals surface area contributed by atoms with Gasteiger partial charge in [-0.15, -0.1) is 0 Å². The van der Waals surface area contributed by atoms with E-state index in [-0.39, 0.29) is 24.8 Å².